The number of nitrogens with zero attached hydrogens (tertiary/aromatic N) is 2. The molecule has 7 nitrogen and oxygen atoms in total. The number of aromatic nitrogens is 2. The summed E-state index contributed by atoms with van der Waals surface area (Å²) in [4.78, 5) is 23.5. The summed E-state index contributed by atoms with van der Waals surface area (Å²) in [5, 5.41) is 7.63. The van der Waals surface area contributed by atoms with E-state index >= 15 is 0 Å². The molecule has 1 atom stereocenters. The number of ether oxygens (including phenoxy) is 2. The van der Waals surface area contributed by atoms with Crippen LogP contribution in [-0.4, -0.2) is 35.3 Å². The molecule has 1 amide bonds. The molecule has 0 radical (unpaired) electrons. The van der Waals surface area contributed by atoms with Crippen LogP contribution in [0.3, 0.4) is 0 Å². The van der Waals surface area contributed by atoms with Gasteiger partial charge in [0, 0.05) is 18.3 Å². The van der Waals surface area contributed by atoms with E-state index in [0.717, 1.165) is 41.0 Å². The van der Waals surface area contributed by atoms with E-state index in [1.165, 1.54) is 7.11 Å². The largest absolute Gasteiger partial charge is 0.486 e. The van der Waals surface area contributed by atoms with Gasteiger partial charge in [-0.2, -0.15) is 5.10 Å². The molecule has 0 aliphatic heterocycles. The molecule has 34 heavy (non-hydrogen) atoms. The first-order chi connectivity index (χ1) is 16.3. The zero-order chi connectivity index (χ0) is 24.7. The summed E-state index contributed by atoms with van der Waals surface area (Å²) in [6.45, 7) is 6.38. The molecule has 0 saturated carbocycles. The monoisotopic (exact) mass is 483 g/mol. The molecule has 180 valence electrons. The Morgan fingerprint density at radius 1 is 1.15 bits per heavy atom. The Labute approximate surface area is 205 Å². The predicted octanol–water partition coefficient (Wildman–Crippen LogP) is 5.36. The van der Waals surface area contributed by atoms with Crippen molar-refractivity contribution < 1.29 is 19.1 Å². The lowest BCUT2D eigenvalue weighted by molar-refractivity contribution is -0.140. The highest BCUT2D eigenvalue weighted by Crippen LogP contribution is 2.31. The minimum absolute atomic E-state index is 0.137. The summed E-state index contributed by atoms with van der Waals surface area (Å²) in [5.74, 6) is 0.186. The third-order valence-electron chi connectivity index (χ3n) is 5.46. The number of carbonyl (C=O) groups is 2. The second-order valence-electron chi connectivity index (χ2n) is 8.11. The highest BCUT2D eigenvalue weighted by Gasteiger charge is 2.16. The van der Waals surface area contributed by atoms with Gasteiger partial charge in [0.25, 0.3) is 5.91 Å². The fourth-order valence-electron chi connectivity index (χ4n) is 3.82. The van der Waals surface area contributed by atoms with Crippen LogP contribution in [0.15, 0.2) is 48.8 Å². The Bertz CT molecular complexity index is 1120. The van der Waals surface area contributed by atoms with E-state index in [-0.39, 0.29) is 30.9 Å². The van der Waals surface area contributed by atoms with Gasteiger partial charge in [0.2, 0.25) is 0 Å². The van der Waals surface area contributed by atoms with Crippen LogP contribution in [-0.2, 0) is 9.53 Å². The number of halogens is 1. The van der Waals surface area contributed by atoms with Gasteiger partial charge < -0.3 is 14.8 Å². The molecule has 0 aliphatic rings. The van der Waals surface area contributed by atoms with Crippen LogP contribution < -0.4 is 10.1 Å². The number of esters is 1. The maximum Gasteiger partial charge on any atom is 0.307 e. The summed E-state index contributed by atoms with van der Waals surface area (Å²) in [5.41, 5.74) is 4.56. The number of hydrogen-bond donors (Lipinski definition) is 1. The minimum Gasteiger partial charge on any atom is -0.486 e. The van der Waals surface area contributed by atoms with Crippen molar-refractivity contribution in [3.63, 3.8) is 0 Å². The number of nitrogens with one attached hydrogen (secondary N) is 1. The molecular formula is C26H30ClN3O4. The van der Waals surface area contributed by atoms with Crippen molar-refractivity contribution in [3.8, 4) is 11.4 Å². The van der Waals surface area contributed by atoms with Gasteiger partial charge in [-0.3, -0.25) is 9.59 Å². The number of hydrogen-bond acceptors (Lipinski definition) is 5. The van der Waals surface area contributed by atoms with Crippen LogP contribution in [0.1, 0.15) is 59.3 Å². The van der Waals surface area contributed by atoms with E-state index in [1.807, 2.05) is 38.1 Å². The minimum atomic E-state index is -0.359. The van der Waals surface area contributed by atoms with Crippen molar-refractivity contribution in [2.24, 2.45) is 0 Å². The van der Waals surface area contributed by atoms with Crippen molar-refractivity contribution in [2.45, 2.75) is 46.1 Å². The first kappa shape index (κ1) is 25.3. The van der Waals surface area contributed by atoms with Crippen LogP contribution in [0.4, 0.5) is 0 Å². The third-order valence-corrected chi connectivity index (χ3v) is 5.66. The highest BCUT2D eigenvalue weighted by atomic mass is 35.5. The molecule has 8 heteroatoms. The number of methoxy groups -OCH3 is 1. The summed E-state index contributed by atoms with van der Waals surface area (Å²) >= 11 is 6.04. The molecular weight excluding hydrogens is 454 g/mol. The van der Waals surface area contributed by atoms with Gasteiger partial charge in [0.05, 0.1) is 30.4 Å². The van der Waals surface area contributed by atoms with E-state index < -0.39 is 0 Å². The molecule has 2 aromatic carbocycles. The van der Waals surface area contributed by atoms with E-state index in [2.05, 4.69) is 22.1 Å². The molecule has 1 N–H and O–H groups in total. The fourth-order valence-corrected chi connectivity index (χ4v) is 3.96. The van der Waals surface area contributed by atoms with Gasteiger partial charge in [0.1, 0.15) is 11.9 Å². The number of carbonyl (C=O) groups excluding carboxylic acids is 2. The van der Waals surface area contributed by atoms with Gasteiger partial charge in [-0.1, -0.05) is 37.1 Å². The second kappa shape index (κ2) is 11.7. The van der Waals surface area contributed by atoms with Crippen LogP contribution in [0.2, 0.25) is 5.02 Å². The Balaban J connectivity index is 1.72. The smallest absolute Gasteiger partial charge is 0.307 e. The van der Waals surface area contributed by atoms with E-state index in [4.69, 9.17) is 16.3 Å². The zero-order valence-corrected chi connectivity index (χ0v) is 20.7. The maximum absolute atomic E-state index is 12.3. The maximum atomic E-state index is 12.3. The summed E-state index contributed by atoms with van der Waals surface area (Å²) in [6.07, 6.45) is 5.17. The first-order valence-electron chi connectivity index (χ1n) is 11.3. The molecule has 1 aromatic heterocycles. The van der Waals surface area contributed by atoms with Gasteiger partial charge in [-0.05, 0) is 61.2 Å². The Morgan fingerprint density at radius 3 is 2.38 bits per heavy atom. The van der Waals surface area contributed by atoms with Gasteiger partial charge in [0.15, 0.2) is 0 Å². The lowest BCUT2D eigenvalue weighted by atomic mass is 10.0. The summed E-state index contributed by atoms with van der Waals surface area (Å²) in [7, 11) is 1.32. The van der Waals surface area contributed by atoms with Crippen LogP contribution in [0.25, 0.3) is 5.69 Å². The normalized spacial score (nSPS) is 11.7. The third kappa shape index (κ3) is 6.38. The number of benzene rings is 2. The SMILES string of the molecule is CCCC(Oc1cc(C)c(-n2cc(Cl)cn2)c(C)c1)c1ccc(C(=O)NCCC(=O)OC)cc1. The standard InChI is InChI=1S/C26H30ClN3O4/c1-5-6-23(19-7-9-20(10-8-19)26(32)28-12-11-24(31)33-4)34-22-13-17(2)25(18(3)14-22)30-16-21(27)15-29-30/h7-10,13-16,23H,5-6,11-12H2,1-4H3,(H,28,32). The molecule has 3 aromatic rings. The van der Waals surface area contributed by atoms with E-state index in [9.17, 15) is 9.59 Å². The van der Waals surface area contributed by atoms with Crippen LogP contribution in [0.5, 0.6) is 5.75 Å². The van der Waals surface area contributed by atoms with Crippen molar-refractivity contribution in [1.29, 1.82) is 0 Å². The Morgan fingerprint density at radius 2 is 1.82 bits per heavy atom. The zero-order valence-electron chi connectivity index (χ0n) is 19.9. The second-order valence-corrected chi connectivity index (χ2v) is 8.54. The van der Waals surface area contributed by atoms with E-state index in [0.29, 0.717) is 10.6 Å². The van der Waals surface area contributed by atoms with Crippen molar-refractivity contribution in [1.82, 2.24) is 15.1 Å². The summed E-state index contributed by atoms with van der Waals surface area (Å²) in [6, 6.07) is 11.4. The Kier molecular flexibility index (Phi) is 8.71. The molecule has 0 fully saturated rings. The van der Waals surface area contributed by atoms with Crippen LogP contribution >= 0.6 is 11.6 Å². The molecule has 0 aliphatic carbocycles. The number of rotatable bonds is 10. The van der Waals surface area contributed by atoms with Crippen LogP contribution in [0, 0.1) is 13.8 Å². The number of amides is 1. The number of aryl methyl sites for hydroxylation is 2. The van der Waals surface area contributed by atoms with Crippen molar-refractivity contribution in [2.75, 3.05) is 13.7 Å². The average Bonchev–Trinajstić information content (AvgIpc) is 3.23. The molecule has 3 rings (SSSR count). The molecule has 1 unspecified atom stereocenters. The molecule has 0 bridgehead atoms. The van der Waals surface area contributed by atoms with Gasteiger partial charge in [-0.15, -0.1) is 0 Å². The lowest BCUT2D eigenvalue weighted by Crippen LogP contribution is -2.26. The summed E-state index contributed by atoms with van der Waals surface area (Å²) < 4.78 is 12.8. The highest BCUT2D eigenvalue weighted by molar-refractivity contribution is 6.30. The van der Waals surface area contributed by atoms with Crippen molar-refractivity contribution >= 4 is 23.5 Å². The first-order valence-corrected chi connectivity index (χ1v) is 11.6. The predicted molar refractivity (Wildman–Crippen MR) is 132 cm³/mol. The quantitative estimate of drug-likeness (QED) is 0.393. The van der Waals surface area contributed by atoms with Gasteiger partial charge >= 0.3 is 5.97 Å². The van der Waals surface area contributed by atoms with E-state index in [1.54, 1.807) is 29.2 Å². The fraction of sp³-hybridized carbons (Fsp3) is 0.346. The Hall–Kier alpha value is -3.32. The average molecular weight is 484 g/mol. The van der Waals surface area contributed by atoms with Gasteiger partial charge in [-0.25, -0.2) is 4.68 Å². The lowest BCUT2D eigenvalue weighted by Gasteiger charge is -2.21. The molecule has 0 spiro atoms. The topological polar surface area (TPSA) is 82.5 Å². The molecule has 0 saturated heterocycles. The molecule has 1 heterocycles. The van der Waals surface area contributed by atoms with Crippen molar-refractivity contribution in [3.05, 3.63) is 76.1 Å².